The van der Waals surface area contributed by atoms with Crippen molar-refractivity contribution >= 4 is 17.8 Å². The normalized spacial score (nSPS) is 10.9. The van der Waals surface area contributed by atoms with Crippen molar-refractivity contribution < 1.29 is 9.72 Å². The number of nitro benzene ring substituents is 1. The number of nitrogens with zero attached hydrogens (tertiary/aromatic N) is 3. The van der Waals surface area contributed by atoms with E-state index in [-0.39, 0.29) is 12.1 Å². The lowest BCUT2D eigenvalue weighted by molar-refractivity contribution is -0.385. The second-order valence-electron chi connectivity index (χ2n) is 6.43. The third kappa shape index (κ3) is 4.32. The number of hydrogen-bond donors (Lipinski definition) is 1. The van der Waals surface area contributed by atoms with Crippen LogP contribution in [0.25, 0.3) is 5.69 Å². The molecule has 0 aliphatic heterocycles. The molecule has 2 aromatic carbocycles. The molecule has 0 fully saturated rings. The predicted octanol–water partition coefficient (Wildman–Crippen LogP) is 3.70. The van der Waals surface area contributed by atoms with Crippen LogP contribution < -0.4 is 5.43 Å². The smallest absolute Gasteiger partial charge is 0.273 e. The monoisotopic (exact) mass is 376 g/mol. The lowest BCUT2D eigenvalue weighted by Gasteiger charge is -2.09. The number of carbonyl (C=O) groups is 1. The second-order valence-corrected chi connectivity index (χ2v) is 6.43. The summed E-state index contributed by atoms with van der Waals surface area (Å²) in [6, 6.07) is 16.1. The molecule has 0 spiro atoms. The van der Waals surface area contributed by atoms with Gasteiger partial charge < -0.3 is 4.57 Å². The molecule has 0 aliphatic rings. The number of aromatic nitrogens is 1. The lowest BCUT2D eigenvalue weighted by Crippen LogP contribution is -2.20. The number of amides is 1. The van der Waals surface area contributed by atoms with Crippen LogP contribution in [0.5, 0.6) is 0 Å². The van der Waals surface area contributed by atoms with Crippen LogP contribution >= 0.6 is 0 Å². The molecule has 7 heteroatoms. The zero-order valence-electron chi connectivity index (χ0n) is 15.6. The molecule has 1 N–H and O–H groups in total. The van der Waals surface area contributed by atoms with E-state index in [1.807, 2.05) is 29.0 Å². The number of hydrogen-bond acceptors (Lipinski definition) is 4. The van der Waals surface area contributed by atoms with E-state index in [1.54, 1.807) is 24.4 Å². The maximum Gasteiger partial charge on any atom is 0.273 e. The molecule has 0 unspecified atom stereocenters. The van der Waals surface area contributed by atoms with Gasteiger partial charge in [-0.25, -0.2) is 5.43 Å². The quantitative estimate of drug-likeness (QED) is 0.404. The van der Waals surface area contributed by atoms with Crippen LogP contribution in [0.15, 0.2) is 65.9 Å². The minimum absolute atomic E-state index is 0.0785. The molecule has 0 radical (unpaired) electrons. The van der Waals surface area contributed by atoms with Crippen LogP contribution in [0, 0.1) is 24.0 Å². The topological polar surface area (TPSA) is 89.5 Å². The van der Waals surface area contributed by atoms with Gasteiger partial charge in [-0.05, 0) is 49.2 Å². The summed E-state index contributed by atoms with van der Waals surface area (Å²) in [4.78, 5) is 22.6. The molecule has 0 saturated heterocycles. The van der Waals surface area contributed by atoms with Crippen molar-refractivity contribution in [2.24, 2.45) is 5.10 Å². The predicted molar refractivity (Wildman–Crippen MR) is 108 cm³/mol. The number of hydrazone groups is 1. The third-order valence-electron chi connectivity index (χ3n) is 4.47. The van der Waals surface area contributed by atoms with E-state index in [0.717, 1.165) is 11.4 Å². The van der Waals surface area contributed by atoms with E-state index in [4.69, 9.17) is 0 Å². The molecule has 3 rings (SSSR count). The van der Waals surface area contributed by atoms with Gasteiger partial charge in [0.25, 0.3) is 5.69 Å². The van der Waals surface area contributed by atoms with Crippen LogP contribution in [-0.2, 0) is 11.2 Å². The highest BCUT2D eigenvalue weighted by molar-refractivity contribution is 5.83. The number of benzene rings is 2. The molecule has 7 nitrogen and oxygen atoms in total. The Hall–Kier alpha value is -3.74. The van der Waals surface area contributed by atoms with Gasteiger partial charge in [0.2, 0.25) is 5.91 Å². The Labute approximate surface area is 162 Å². The first-order valence-electron chi connectivity index (χ1n) is 8.75. The van der Waals surface area contributed by atoms with Gasteiger partial charge in [0.1, 0.15) is 0 Å². The van der Waals surface area contributed by atoms with Gasteiger partial charge in [0.05, 0.1) is 23.3 Å². The summed E-state index contributed by atoms with van der Waals surface area (Å²) < 4.78 is 1.96. The first-order valence-corrected chi connectivity index (χ1v) is 8.75. The summed E-state index contributed by atoms with van der Waals surface area (Å²) in [5.74, 6) is -0.421. The first-order chi connectivity index (χ1) is 13.5. The number of para-hydroxylation sites is 1. The molecule has 0 saturated carbocycles. The maximum absolute atomic E-state index is 12.1. The Kier molecular flexibility index (Phi) is 5.64. The molecule has 0 bridgehead atoms. The summed E-state index contributed by atoms with van der Waals surface area (Å²) in [5.41, 5.74) is 6.90. The molecule has 0 aliphatic carbocycles. The molecule has 1 heterocycles. The minimum Gasteiger partial charge on any atom is -0.316 e. The zero-order valence-corrected chi connectivity index (χ0v) is 15.6. The van der Waals surface area contributed by atoms with E-state index in [9.17, 15) is 14.9 Å². The van der Waals surface area contributed by atoms with E-state index < -0.39 is 10.8 Å². The Bertz CT molecular complexity index is 1050. The second kappa shape index (κ2) is 8.30. The van der Waals surface area contributed by atoms with E-state index in [2.05, 4.69) is 36.5 Å². The highest BCUT2D eigenvalue weighted by Gasteiger charge is 2.15. The van der Waals surface area contributed by atoms with Gasteiger partial charge >= 0.3 is 0 Å². The van der Waals surface area contributed by atoms with E-state index in [0.29, 0.717) is 5.56 Å². The Morgan fingerprint density at radius 3 is 2.68 bits per heavy atom. The van der Waals surface area contributed by atoms with Crippen molar-refractivity contribution in [3.05, 3.63) is 93.3 Å². The largest absolute Gasteiger partial charge is 0.316 e. The van der Waals surface area contributed by atoms with Gasteiger partial charge in [-0.3, -0.25) is 14.9 Å². The van der Waals surface area contributed by atoms with Crippen LogP contribution in [-0.4, -0.2) is 21.6 Å². The number of nitro groups is 1. The highest BCUT2D eigenvalue weighted by Crippen LogP contribution is 2.18. The molecule has 1 aromatic heterocycles. The van der Waals surface area contributed by atoms with Crippen LogP contribution in [0.1, 0.15) is 22.4 Å². The summed E-state index contributed by atoms with van der Waals surface area (Å²) in [5, 5.41) is 15.0. The van der Waals surface area contributed by atoms with E-state index in [1.165, 1.54) is 17.2 Å². The van der Waals surface area contributed by atoms with E-state index >= 15 is 0 Å². The number of nitrogens with one attached hydrogen (secondary N) is 1. The van der Waals surface area contributed by atoms with Crippen LogP contribution in [0.2, 0.25) is 0 Å². The number of carbonyl (C=O) groups excluding carboxylic acids is 1. The molecule has 0 atom stereocenters. The minimum atomic E-state index is -0.498. The summed E-state index contributed by atoms with van der Waals surface area (Å²) in [6.45, 7) is 4.11. The Balaban J connectivity index is 1.69. The molecule has 3 aromatic rings. The van der Waals surface area contributed by atoms with Gasteiger partial charge in [-0.1, -0.05) is 24.3 Å². The summed E-state index contributed by atoms with van der Waals surface area (Å²) >= 11 is 0. The molecule has 28 heavy (non-hydrogen) atoms. The molecule has 142 valence electrons. The van der Waals surface area contributed by atoms with Crippen molar-refractivity contribution in [2.75, 3.05) is 0 Å². The van der Waals surface area contributed by atoms with Gasteiger partial charge in [-0.15, -0.1) is 0 Å². The van der Waals surface area contributed by atoms with Crippen molar-refractivity contribution in [1.82, 2.24) is 9.99 Å². The van der Waals surface area contributed by atoms with Gasteiger partial charge in [0, 0.05) is 23.5 Å². The maximum atomic E-state index is 12.1. The van der Waals surface area contributed by atoms with Crippen molar-refractivity contribution in [1.29, 1.82) is 0 Å². The molecule has 1 amide bonds. The average Bonchev–Trinajstić information content (AvgIpc) is 3.13. The van der Waals surface area contributed by atoms with Crippen LogP contribution in [0.4, 0.5) is 5.69 Å². The number of rotatable bonds is 6. The van der Waals surface area contributed by atoms with Crippen molar-refractivity contribution in [3.63, 3.8) is 0 Å². The fourth-order valence-corrected chi connectivity index (χ4v) is 2.83. The molecular weight excluding hydrogens is 356 g/mol. The SMILES string of the molecule is Cc1ccc(-n2cccc2C=NNC(=O)Cc2ccccc2[N+](=O)[O-])cc1C. The summed E-state index contributed by atoms with van der Waals surface area (Å²) in [6.07, 6.45) is 3.35. The Morgan fingerprint density at radius 1 is 1.14 bits per heavy atom. The average molecular weight is 376 g/mol. The fraction of sp³-hybridized carbons (Fsp3) is 0.143. The zero-order chi connectivity index (χ0) is 20.1. The Morgan fingerprint density at radius 2 is 1.93 bits per heavy atom. The standard InChI is InChI=1S/C21H20N4O3/c1-15-9-10-18(12-16(15)2)24-11-5-7-19(24)14-22-23-21(26)13-17-6-3-4-8-20(17)25(27)28/h3-12,14H,13H2,1-2H3,(H,23,26). The first kappa shape index (κ1) is 19.0. The summed E-state index contributed by atoms with van der Waals surface area (Å²) in [7, 11) is 0. The lowest BCUT2D eigenvalue weighted by atomic mass is 10.1. The van der Waals surface area contributed by atoms with Gasteiger partial charge in [0.15, 0.2) is 0 Å². The van der Waals surface area contributed by atoms with Crippen LogP contribution in [0.3, 0.4) is 0 Å². The number of aryl methyl sites for hydroxylation is 2. The third-order valence-corrected chi connectivity index (χ3v) is 4.47. The highest BCUT2D eigenvalue weighted by atomic mass is 16.6. The van der Waals surface area contributed by atoms with Gasteiger partial charge in [-0.2, -0.15) is 5.10 Å². The fourth-order valence-electron chi connectivity index (χ4n) is 2.83. The molecular formula is C21H20N4O3. The van der Waals surface area contributed by atoms with Crippen molar-refractivity contribution in [2.45, 2.75) is 20.3 Å². The van der Waals surface area contributed by atoms with Crippen molar-refractivity contribution in [3.8, 4) is 5.69 Å².